The zero-order valence-electron chi connectivity index (χ0n) is 5.02. The van der Waals surface area contributed by atoms with E-state index in [1.807, 2.05) is 0 Å². The van der Waals surface area contributed by atoms with Crippen molar-refractivity contribution in [3.8, 4) is 0 Å². The van der Waals surface area contributed by atoms with Crippen molar-refractivity contribution in [2.45, 2.75) is 37.8 Å². The van der Waals surface area contributed by atoms with Crippen LogP contribution in [0.5, 0.6) is 0 Å². The van der Waals surface area contributed by atoms with Gasteiger partial charge in [0, 0.05) is 0 Å². The molecule has 0 N–H and O–H groups in total. The maximum absolute atomic E-state index is 3.14. The zero-order valence-corrected chi connectivity index (χ0v) is 7.73. The van der Waals surface area contributed by atoms with E-state index in [1.54, 1.807) is 0 Å². The first kappa shape index (κ1) is 6.93. The van der Waals surface area contributed by atoms with Crippen LogP contribution in [0.25, 0.3) is 0 Å². The van der Waals surface area contributed by atoms with Crippen LogP contribution < -0.4 is 0 Å². The van der Waals surface area contributed by atoms with Gasteiger partial charge in [-0.3, -0.25) is 0 Å². The quantitative estimate of drug-likeness (QED) is 0.442. The minimum absolute atomic E-state index is 1.06. The van der Waals surface area contributed by atoms with E-state index in [9.17, 15) is 0 Å². The molecule has 0 aliphatic heterocycles. The van der Waals surface area contributed by atoms with Crippen molar-refractivity contribution in [2.75, 3.05) is 0 Å². The van der Waals surface area contributed by atoms with Crippen LogP contribution in [0.1, 0.15) is 32.1 Å². The summed E-state index contributed by atoms with van der Waals surface area (Å²) in [5, 5.41) is 0. The molecule has 46 valence electrons. The van der Waals surface area contributed by atoms with Crippen LogP contribution in [0.15, 0.2) is 0 Å². The summed E-state index contributed by atoms with van der Waals surface area (Å²) >= 11 is 3.14. The SMILES string of the molecule is [Se]=[PH+]C1CCCCC1. The monoisotopic (exact) mass is 195 g/mol. The van der Waals surface area contributed by atoms with Gasteiger partial charge >= 0.3 is 59.7 Å². The Kier molecular flexibility index (Phi) is 3.27. The van der Waals surface area contributed by atoms with E-state index >= 15 is 0 Å². The molecule has 2 heteroatoms. The predicted molar refractivity (Wildman–Crippen MR) is 40.9 cm³/mol. The van der Waals surface area contributed by atoms with Crippen LogP contribution in [0.3, 0.4) is 0 Å². The van der Waals surface area contributed by atoms with Crippen LogP contribution in [0, 0.1) is 0 Å². The van der Waals surface area contributed by atoms with Crippen molar-refractivity contribution in [1.82, 2.24) is 0 Å². The van der Waals surface area contributed by atoms with E-state index in [4.69, 9.17) is 0 Å². The van der Waals surface area contributed by atoms with Gasteiger partial charge < -0.3 is 0 Å². The van der Waals surface area contributed by atoms with E-state index in [-0.39, 0.29) is 0 Å². The Labute approximate surface area is 60.1 Å². The molecule has 1 atom stereocenters. The standard InChI is InChI=1S/C6H11PSe/c8-7-6-4-2-1-3-5-6/h6H,1-5H2/p+1. The fraction of sp³-hybridized carbons (Fsp3) is 1.00. The number of hydrogen-bond acceptors (Lipinski definition) is 0. The predicted octanol–water partition coefficient (Wildman–Crippen LogP) is 2.08. The Hall–Kier alpha value is 0.819. The molecule has 0 nitrogen and oxygen atoms in total. The van der Waals surface area contributed by atoms with Crippen molar-refractivity contribution < 1.29 is 0 Å². The van der Waals surface area contributed by atoms with Crippen LogP contribution in [-0.4, -0.2) is 20.8 Å². The van der Waals surface area contributed by atoms with Crippen molar-refractivity contribution in [1.29, 1.82) is 0 Å². The zero-order chi connectivity index (χ0) is 5.82. The van der Waals surface area contributed by atoms with Gasteiger partial charge in [-0.2, -0.15) is 0 Å². The van der Waals surface area contributed by atoms with Crippen LogP contribution in [-0.2, 0) is 0 Å². The molecule has 0 heterocycles. The molecule has 0 bridgehead atoms. The molecule has 0 spiro atoms. The molecular weight excluding hydrogens is 182 g/mol. The Morgan fingerprint density at radius 1 is 1.12 bits per heavy atom. The van der Waals surface area contributed by atoms with Gasteiger partial charge in [0.05, 0.1) is 0 Å². The molecule has 8 heavy (non-hydrogen) atoms. The molecule has 0 aromatic carbocycles. The van der Waals surface area contributed by atoms with Crippen molar-refractivity contribution in [3.63, 3.8) is 0 Å². The summed E-state index contributed by atoms with van der Waals surface area (Å²) in [4.78, 5) is 0. The van der Waals surface area contributed by atoms with Gasteiger partial charge in [0.25, 0.3) is 0 Å². The Morgan fingerprint density at radius 3 is 2.12 bits per heavy atom. The van der Waals surface area contributed by atoms with Gasteiger partial charge in [0.1, 0.15) is 0 Å². The summed E-state index contributed by atoms with van der Waals surface area (Å²) in [5.74, 6) is 0. The summed E-state index contributed by atoms with van der Waals surface area (Å²) in [6.07, 6.45) is 7.44. The molecule has 1 saturated carbocycles. The van der Waals surface area contributed by atoms with Crippen molar-refractivity contribution >= 4 is 21.9 Å². The fourth-order valence-electron chi connectivity index (χ4n) is 1.22. The minimum atomic E-state index is 1.06. The second kappa shape index (κ2) is 3.77. The first-order valence-electron chi connectivity index (χ1n) is 3.31. The topological polar surface area (TPSA) is 0 Å². The average Bonchev–Trinajstić information content (AvgIpc) is 1.90. The summed E-state index contributed by atoms with van der Waals surface area (Å²) in [7, 11) is 0. The second-order valence-corrected chi connectivity index (χ2v) is 4.99. The molecular formula is C6H12PSe+. The summed E-state index contributed by atoms with van der Waals surface area (Å²) < 4.78 is 0. The third-order valence-corrected chi connectivity index (χ3v) is 4.78. The van der Waals surface area contributed by atoms with E-state index in [2.05, 4.69) is 15.1 Å². The molecule has 0 amide bonds. The van der Waals surface area contributed by atoms with Crippen LogP contribution in [0.2, 0.25) is 0 Å². The molecule has 1 rings (SSSR count). The first-order valence-corrected chi connectivity index (χ1v) is 6.86. The summed E-state index contributed by atoms with van der Waals surface area (Å²) in [5.41, 5.74) is 1.06. The number of rotatable bonds is 1. The molecule has 1 aliphatic carbocycles. The first-order chi connectivity index (χ1) is 3.93. The molecule has 1 aliphatic rings. The van der Waals surface area contributed by atoms with Crippen LogP contribution >= 0.6 is 6.83 Å². The Morgan fingerprint density at radius 2 is 1.75 bits per heavy atom. The normalized spacial score (nSPS) is 24.0. The maximum atomic E-state index is 3.14. The van der Waals surface area contributed by atoms with Gasteiger partial charge in [0.15, 0.2) is 0 Å². The van der Waals surface area contributed by atoms with Crippen molar-refractivity contribution in [3.05, 3.63) is 0 Å². The Balaban J connectivity index is 2.22. The second-order valence-electron chi connectivity index (χ2n) is 2.45. The molecule has 1 unspecified atom stereocenters. The Bertz CT molecular complexity index is 76.6. The van der Waals surface area contributed by atoms with E-state index in [0.29, 0.717) is 0 Å². The van der Waals surface area contributed by atoms with Gasteiger partial charge in [-0.1, -0.05) is 0 Å². The van der Waals surface area contributed by atoms with E-state index < -0.39 is 0 Å². The summed E-state index contributed by atoms with van der Waals surface area (Å²) in [6.45, 7) is 1.08. The molecule has 0 aromatic rings. The van der Waals surface area contributed by atoms with Gasteiger partial charge in [-0.05, 0) is 0 Å². The van der Waals surface area contributed by atoms with Gasteiger partial charge in [-0.25, -0.2) is 0 Å². The molecule has 0 radical (unpaired) electrons. The summed E-state index contributed by atoms with van der Waals surface area (Å²) in [6, 6.07) is 0. The molecule has 0 saturated heterocycles. The molecule has 1 fully saturated rings. The van der Waals surface area contributed by atoms with Crippen molar-refractivity contribution in [2.24, 2.45) is 0 Å². The third kappa shape index (κ3) is 1.97. The third-order valence-electron chi connectivity index (χ3n) is 1.77. The molecule has 0 aromatic heterocycles. The van der Waals surface area contributed by atoms with E-state index in [1.165, 1.54) is 32.1 Å². The van der Waals surface area contributed by atoms with Crippen LogP contribution in [0.4, 0.5) is 0 Å². The average molecular weight is 194 g/mol. The number of hydrogen-bond donors (Lipinski definition) is 0. The van der Waals surface area contributed by atoms with E-state index in [0.717, 1.165) is 12.5 Å². The van der Waals surface area contributed by atoms with Gasteiger partial charge in [-0.15, -0.1) is 0 Å². The fourth-order valence-corrected chi connectivity index (χ4v) is 3.35. The van der Waals surface area contributed by atoms with Gasteiger partial charge in [0.2, 0.25) is 0 Å².